The van der Waals surface area contributed by atoms with E-state index in [9.17, 15) is 5.11 Å². The van der Waals surface area contributed by atoms with Gasteiger partial charge in [0, 0.05) is 12.5 Å². The molecule has 1 aromatic heterocycles. The molecular weight excluding hydrogens is 212 g/mol. The minimum Gasteiger partial charge on any atom is -0.504 e. The van der Waals surface area contributed by atoms with Gasteiger partial charge in [-0.3, -0.25) is 0 Å². The van der Waals surface area contributed by atoms with Crippen LogP contribution in [0, 0.1) is 0 Å². The molecule has 0 aliphatic carbocycles. The molecule has 2 heteroatoms. The average molecular weight is 238 g/mol. The monoisotopic (exact) mass is 238 g/mol. The Labute approximate surface area is 105 Å². The Morgan fingerprint density at radius 3 is 2.06 bits per heavy atom. The van der Waals surface area contributed by atoms with Crippen molar-refractivity contribution in [2.24, 2.45) is 0 Å². The molecule has 1 heterocycles. The Balaban J connectivity index is 1.86. The summed E-state index contributed by atoms with van der Waals surface area (Å²) in [6.45, 7) is 2.25. The average Bonchev–Trinajstić information content (AvgIpc) is 2.73. The number of furan rings is 1. The van der Waals surface area contributed by atoms with Gasteiger partial charge in [0.2, 0.25) is 0 Å². The van der Waals surface area contributed by atoms with E-state index >= 15 is 0 Å². The number of rotatable bonds is 10. The summed E-state index contributed by atoms with van der Waals surface area (Å²) in [5.74, 6) is 1.05. The van der Waals surface area contributed by atoms with Crippen molar-refractivity contribution in [3.63, 3.8) is 0 Å². The van der Waals surface area contributed by atoms with Crippen LogP contribution >= 0.6 is 0 Å². The highest BCUT2D eigenvalue weighted by atomic mass is 16.4. The fourth-order valence-electron chi connectivity index (χ4n) is 2.12. The molecule has 0 radical (unpaired) electrons. The van der Waals surface area contributed by atoms with Crippen molar-refractivity contribution < 1.29 is 9.52 Å². The highest BCUT2D eigenvalue weighted by Gasteiger charge is 2.03. The van der Waals surface area contributed by atoms with Crippen molar-refractivity contribution in [3.05, 3.63) is 18.1 Å². The molecule has 0 unspecified atom stereocenters. The van der Waals surface area contributed by atoms with Gasteiger partial charge in [0.05, 0.1) is 6.26 Å². The Kier molecular flexibility index (Phi) is 7.61. The Morgan fingerprint density at radius 1 is 0.941 bits per heavy atom. The molecule has 0 amide bonds. The first-order valence-corrected chi connectivity index (χ1v) is 7.10. The van der Waals surface area contributed by atoms with E-state index in [0.717, 1.165) is 18.6 Å². The summed E-state index contributed by atoms with van der Waals surface area (Å²) < 4.78 is 5.19. The zero-order valence-electron chi connectivity index (χ0n) is 11.1. The first-order chi connectivity index (χ1) is 8.34. The van der Waals surface area contributed by atoms with E-state index in [2.05, 4.69) is 6.92 Å². The highest BCUT2D eigenvalue weighted by Crippen LogP contribution is 2.20. The number of hydrogen-bond donors (Lipinski definition) is 1. The lowest BCUT2D eigenvalue weighted by Crippen LogP contribution is -1.85. The summed E-state index contributed by atoms with van der Waals surface area (Å²) in [4.78, 5) is 0. The molecule has 0 aliphatic rings. The molecule has 0 saturated carbocycles. The largest absolute Gasteiger partial charge is 0.504 e. The van der Waals surface area contributed by atoms with Crippen LogP contribution in [0.3, 0.4) is 0 Å². The highest BCUT2D eigenvalue weighted by molar-refractivity contribution is 5.22. The molecule has 1 rings (SSSR count). The molecule has 0 aromatic carbocycles. The second-order valence-corrected chi connectivity index (χ2v) is 4.81. The number of hydrogen-bond acceptors (Lipinski definition) is 2. The van der Waals surface area contributed by atoms with Gasteiger partial charge in [-0.15, -0.1) is 0 Å². The minimum absolute atomic E-state index is 0.310. The zero-order chi connectivity index (χ0) is 12.3. The van der Waals surface area contributed by atoms with Gasteiger partial charge in [-0.1, -0.05) is 58.3 Å². The van der Waals surface area contributed by atoms with Gasteiger partial charge in [-0.2, -0.15) is 0 Å². The van der Waals surface area contributed by atoms with Gasteiger partial charge in [-0.25, -0.2) is 0 Å². The van der Waals surface area contributed by atoms with E-state index in [-0.39, 0.29) is 0 Å². The van der Waals surface area contributed by atoms with Gasteiger partial charge in [-0.05, 0) is 6.42 Å². The van der Waals surface area contributed by atoms with E-state index in [1.165, 1.54) is 51.4 Å². The molecule has 2 nitrogen and oxygen atoms in total. The number of aryl methyl sites for hydroxylation is 1. The van der Waals surface area contributed by atoms with Crippen molar-refractivity contribution in [2.45, 2.75) is 71.1 Å². The third-order valence-electron chi connectivity index (χ3n) is 3.23. The van der Waals surface area contributed by atoms with Gasteiger partial charge in [0.15, 0.2) is 5.75 Å². The third-order valence-corrected chi connectivity index (χ3v) is 3.23. The Hall–Kier alpha value is -0.920. The van der Waals surface area contributed by atoms with Crippen molar-refractivity contribution in [1.82, 2.24) is 0 Å². The van der Waals surface area contributed by atoms with Crippen LogP contribution in [0.5, 0.6) is 5.75 Å². The van der Waals surface area contributed by atoms with Crippen LogP contribution in [-0.4, -0.2) is 5.11 Å². The van der Waals surface area contributed by atoms with Crippen LogP contribution < -0.4 is 0 Å². The molecule has 98 valence electrons. The van der Waals surface area contributed by atoms with E-state index in [1.807, 2.05) is 0 Å². The SMILES string of the molecule is CCCCCCCCCCCc1occc1O. The first kappa shape index (κ1) is 14.1. The maximum atomic E-state index is 9.38. The van der Waals surface area contributed by atoms with Crippen LogP contribution in [-0.2, 0) is 6.42 Å². The molecule has 0 aliphatic heterocycles. The maximum Gasteiger partial charge on any atom is 0.156 e. The van der Waals surface area contributed by atoms with E-state index in [0.29, 0.717) is 5.75 Å². The maximum absolute atomic E-state index is 9.38. The predicted molar refractivity (Wildman–Crippen MR) is 71.3 cm³/mol. The number of aromatic hydroxyl groups is 1. The smallest absolute Gasteiger partial charge is 0.156 e. The van der Waals surface area contributed by atoms with Crippen molar-refractivity contribution in [3.8, 4) is 5.75 Å². The lowest BCUT2D eigenvalue weighted by atomic mass is 10.1. The standard InChI is InChI=1S/C15H26O2/c1-2-3-4-5-6-7-8-9-10-11-15-14(16)12-13-17-15/h12-13,16H,2-11H2,1H3. The van der Waals surface area contributed by atoms with Crippen LogP contribution in [0.15, 0.2) is 16.7 Å². The quantitative estimate of drug-likeness (QED) is 0.578. The molecular formula is C15H26O2. The molecule has 1 N–H and O–H groups in total. The molecule has 1 aromatic rings. The summed E-state index contributed by atoms with van der Waals surface area (Å²) in [5.41, 5.74) is 0. The zero-order valence-corrected chi connectivity index (χ0v) is 11.1. The predicted octanol–water partition coefficient (Wildman–Crippen LogP) is 5.06. The van der Waals surface area contributed by atoms with Crippen LogP contribution in [0.25, 0.3) is 0 Å². The second-order valence-electron chi connectivity index (χ2n) is 4.81. The van der Waals surface area contributed by atoms with E-state index in [4.69, 9.17) is 4.42 Å². The van der Waals surface area contributed by atoms with Crippen molar-refractivity contribution in [2.75, 3.05) is 0 Å². The van der Waals surface area contributed by atoms with Crippen LogP contribution in [0.4, 0.5) is 0 Å². The lowest BCUT2D eigenvalue weighted by Gasteiger charge is -2.01. The normalized spacial score (nSPS) is 10.9. The minimum atomic E-state index is 0.310. The van der Waals surface area contributed by atoms with Crippen molar-refractivity contribution in [1.29, 1.82) is 0 Å². The molecule has 0 bridgehead atoms. The second kappa shape index (κ2) is 9.15. The van der Waals surface area contributed by atoms with Gasteiger partial charge in [0.25, 0.3) is 0 Å². The molecule has 17 heavy (non-hydrogen) atoms. The molecule has 0 atom stereocenters. The third kappa shape index (κ3) is 6.40. The summed E-state index contributed by atoms with van der Waals surface area (Å²) >= 11 is 0. The fourth-order valence-corrected chi connectivity index (χ4v) is 2.12. The Bertz CT molecular complexity index is 278. The van der Waals surface area contributed by atoms with Gasteiger partial charge < -0.3 is 9.52 Å². The van der Waals surface area contributed by atoms with Gasteiger partial charge >= 0.3 is 0 Å². The van der Waals surface area contributed by atoms with Crippen LogP contribution in [0.1, 0.15) is 70.5 Å². The summed E-state index contributed by atoms with van der Waals surface area (Å²) in [6.07, 6.45) is 14.3. The first-order valence-electron chi connectivity index (χ1n) is 7.10. The summed E-state index contributed by atoms with van der Waals surface area (Å²) in [7, 11) is 0. The lowest BCUT2D eigenvalue weighted by molar-refractivity contribution is 0.424. The van der Waals surface area contributed by atoms with E-state index in [1.54, 1.807) is 12.3 Å². The number of unbranched alkanes of at least 4 members (excludes halogenated alkanes) is 8. The molecule has 0 saturated heterocycles. The van der Waals surface area contributed by atoms with Gasteiger partial charge in [0.1, 0.15) is 5.76 Å². The van der Waals surface area contributed by atoms with E-state index < -0.39 is 0 Å². The molecule has 0 fully saturated rings. The summed E-state index contributed by atoms with van der Waals surface area (Å²) in [5, 5.41) is 9.38. The summed E-state index contributed by atoms with van der Waals surface area (Å²) in [6, 6.07) is 1.61. The topological polar surface area (TPSA) is 33.4 Å². The Morgan fingerprint density at radius 2 is 1.53 bits per heavy atom. The fraction of sp³-hybridized carbons (Fsp3) is 0.733. The van der Waals surface area contributed by atoms with Crippen LogP contribution in [0.2, 0.25) is 0 Å². The molecule has 0 spiro atoms. The van der Waals surface area contributed by atoms with Crippen molar-refractivity contribution >= 4 is 0 Å².